The average molecular weight is 225 g/mol. The molecule has 0 bridgehead atoms. The summed E-state index contributed by atoms with van der Waals surface area (Å²) in [5.74, 6) is -0.821. The van der Waals surface area contributed by atoms with Gasteiger partial charge in [-0.2, -0.15) is 0 Å². The monoisotopic (exact) mass is 225 g/mol. The first-order chi connectivity index (χ1) is 7.28. The second-order valence-corrected chi connectivity index (χ2v) is 4.51. The molecule has 0 radical (unpaired) electrons. The van der Waals surface area contributed by atoms with Crippen molar-refractivity contribution in [1.82, 2.24) is 5.32 Å². The van der Waals surface area contributed by atoms with E-state index in [1.807, 2.05) is 0 Å². The molecule has 0 saturated heterocycles. The Balaban J connectivity index is 2.73. The van der Waals surface area contributed by atoms with Crippen molar-refractivity contribution in [3.63, 3.8) is 0 Å². The van der Waals surface area contributed by atoms with Gasteiger partial charge in [0.1, 0.15) is 5.82 Å². The van der Waals surface area contributed by atoms with Crippen molar-refractivity contribution in [3.8, 4) is 0 Å². The molecule has 4 heteroatoms. The number of aliphatic hydroxyl groups is 1. The van der Waals surface area contributed by atoms with Crippen molar-refractivity contribution in [1.29, 1.82) is 0 Å². The van der Waals surface area contributed by atoms with Crippen molar-refractivity contribution in [2.45, 2.75) is 26.4 Å². The van der Waals surface area contributed by atoms with Crippen LogP contribution in [0.3, 0.4) is 0 Å². The number of rotatable bonds is 3. The fourth-order valence-corrected chi connectivity index (χ4v) is 1.27. The van der Waals surface area contributed by atoms with E-state index in [9.17, 15) is 14.3 Å². The minimum Gasteiger partial charge on any atom is -0.389 e. The van der Waals surface area contributed by atoms with Crippen LogP contribution >= 0.6 is 0 Å². The maximum absolute atomic E-state index is 13.0. The lowest BCUT2D eigenvalue weighted by atomic mass is 10.1. The first-order valence-corrected chi connectivity index (χ1v) is 5.06. The number of carbonyl (C=O) groups is 1. The molecular formula is C12H16FNO2. The van der Waals surface area contributed by atoms with E-state index in [0.717, 1.165) is 0 Å². The van der Waals surface area contributed by atoms with Gasteiger partial charge in [-0.15, -0.1) is 0 Å². The Morgan fingerprint density at radius 1 is 1.44 bits per heavy atom. The van der Waals surface area contributed by atoms with Gasteiger partial charge in [-0.25, -0.2) is 4.39 Å². The summed E-state index contributed by atoms with van der Waals surface area (Å²) in [7, 11) is 0. The van der Waals surface area contributed by atoms with E-state index >= 15 is 0 Å². The average Bonchev–Trinajstić information content (AvgIpc) is 2.11. The van der Waals surface area contributed by atoms with Gasteiger partial charge in [-0.3, -0.25) is 4.79 Å². The molecular weight excluding hydrogens is 209 g/mol. The fourth-order valence-electron chi connectivity index (χ4n) is 1.27. The Labute approximate surface area is 94.3 Å². The number of hydrogen-bond acceptors (Lipinski definition) is 2. The Morgan fingerprint density at radius 3 is 2.56 bits per heavy atom. The van der Waals surface area contributed by atoms with Gasteiger partial charge in [0.25, 0.3) is 5.91 Å². The SMILES string of the molecule is Cc1cc(F)cc(C(=O)NCC(C)(C)O)c1. The second-order valence-electron chi connectivity index (χ2n) is 4.51. The van der Waals surface area contributed by atoms with Crippen LogP contribution in [0.15, 0.2) is 18.2 Å². The molecule has 1 rings (SSSR count). The van der Waals surface area contributed by atoms with Crippen LogP contribution in [-0.2, 0) is 0 Å². The molecule has 88 valence electrons. The second kappa shape index (κ2) is 4.61. The summed E-state index contributed by atoms with van der Waals surface area (Å²) in [6, 6.07) is 4.13. The first kappa shape index (κ1) is 12.6. The lowest BCUT2D eigenvalue weighted by Crippen LogP contribution is -2.38. The van der Waals surface area contributed by atoms with E-state index in [1.54, 1.807) is 26.8 Å². The highest BCUT2D eigenvalue weighted by Gasteiger charge is 2.15. The van der Waals surface area contributed by atoms with Crippen LogP contribution < -0.4 is 5.32 Å². The van der Waals surface area contributed by atoms with E-state index in [1.165, 1.54) is 12.1 Å². The number of benzene rings is 1. The molecule has 0 aromatic heterocycles. The van der Waals surface area contributed by atoms with Gasteiger partial charge >= 0.3 is 0 Å². The van der Waals surface area contributed by atoms with E-state index < -0.39 is 11.4 Å². The van der Waals surface area contributed by atoms with Crippen molar-refractivity contribution in [2.24, 2.45) is 0 Å². The zero-order valence-corrected chi connectivity index (χ0v) is 9.67. The lowest BCUT2D eigenvalue weighted by Gasteiger charge is -2.17. The fraction of sp³-hybridized carbons (Fsp3) is 0.417. The predicted octanol–water partition coefficient (Wildman–Crippen LogP) is 1.63. The maximum Gasteiger partial charge on any atom is 0.251 e. The third-order valence-electron chi connectivity index (χ3n) is 1.99. The number of hydrogen-bond donors (Lipinski definition) is 2. The molecule has 0 aliphatic heterocycles. The van der Waals surface area contributed by atoms with Crippen LogP contribution in [0.1, 0.15) is 29.8 Å². The highest BCUT2D eigenvalue weighted by Crippen LogP contribution is 2.08. The molecule has 2 N–H and O–H groups in total. The summed E-state index contributed by atoms with van der Waals surface area (Å²) < 4.78 is 13.0. The van der Waals surface area contributed by atoms with Gasteiger partial charge < -0.3 is 10.4 Å². The molecule has 0 spiro atoms. The quantitative estimate of drug-likeness (QED) is 0.821. The highest BCUT2D eigenvalue weighted by molar-refractivity contribution is 5.94. The third kappa shape index (κ3) is 3.98. The summed E-state index contributed by atoms with van der Waals surface area (Å²) in [6.45, 7) is 5.02. The molecule has 1 aromatic rings. The Kier molecular flexibility index (Phi) is 3.65. The molecule has 1 aromatic carbocycles. The Hall–Kier alpha value is -1.42. The third-order valence-corrected chi connectivity index (χ3v) is 1.99. The van der Waals surface area contributed by atoms with Crippen molar-refractivity contribution < 1.29 is 14.3 Å². The maximum atomic E-state index is 13.0. The molecule has 0 saturated carbocycles. The van der Waals surface area contributed by atoms with Crippen molar-refractivity contribution >= 4 is 5.91 Å². The molecule has 1 amide bonds. The van der Waals surface area contributed by atoms with Crippen molar-refractivity contribution in [2.75, 3.05) is 6.54 Å². The first-order valence-electron chi connectivity index (χ1n) is 5.06. The summed E-state index contributed by atoms with van der Waals surface area (Å²) in [5, 5.41) is 12.0. The topological polar surface area (TPSA) is 49.3 Å². The minimum absolute atomic E-state index is 0.126. The van der Waals surface area contributed by atoms with Crippen LogP contribution in [0.25, 0.3) is 0 Å². The summed E-state index contributed by atoms with van der Waals surface area (Å²) >= 11 is 0. The molecule has 0 heterocycles. The Bertz CT molecular complexity index is 376. The number of halogens is 1. The molecule has 3 nitrogen and oxygen atoms in total. The van der Waals surface area contributed by atoms with E-state index in [-0.39, 0.29) is 18.0 Å². The number of amides is 1. The molecule has 0 aliphatic rings. The highest BCUT2D eigenvalue weighted by atomic mass is 19.1. The number of carbonyl (C=O) groups excluding carboxylic acids is 1. The van der Waals surface area contributed by atoms with Gasteiger partial charge in [0.05, 0.1) is 5.60 Å². The van der Waals surface area contributed by atoms with Crippen LogP contribution in [0, 0.1) is 12.7 Å². The van der Waals surface area contributed by atoms with Crippen LogP contribution in [0.4, 0.5) is 4.39 Å². The number of aryl methyl sites for hydroxylation is 1. The van der Waals surface area contributed by atoms with E-state index in [4.69, 9.17) is 0 Å². The largest absolute Gasteiger partial charge is 0.389 e. The van der Waals surface area contributed by atoms with Gasteiger partial charge in [-0.1, -0.05) is 0 Å². The predicted molar refractivity (Wildman–Crippen MR) is 59.8 cm³/mol. The molecule has 0 atom stereocenters. The lowest BCUT2D eigenvalue weighted by molar-refractivity contribution is 0.0694. The molecule has 16 heavy (non-hydrogen) atoms. The van der Waals surface area contributed by atoms with Gasteiger partial charge in [0, 0.05) is 12.1 Å². The van der Waals surface area contributed by atoms with Gasteiger partial charge in [0.15, 0.2) is 0 Å². The summed E-state index contributed by atoms with van der Waals surface area (Å²) in [6.07, 6.45) is 0. The zero-order valence-electron chi connectivity index (χ0n) is 9.67. The summed E-state index contributed by atoms with van der Waals surface area (Å²) in [4.78, 5) is 11.6. The Morgan fingerprint density at radius 2 is 2.06 bits per heavy atom. The summed E-state index contributed by atoms with van der Waals surface area (Å²) in [5.41, 5.74) is -0.0203. The van der Waals surface area contributed by atoms with E-state index in [2.05, 4.69) is 5.32 Å². The smallest absolute Gasteiger partial charge is 0.251 e. The standard InChI is InChI=1S/C12H16FNO2/c1-8-4-9(6-10(13)5-8)11(15)14-7-12(2,3)16/h4-6,16H,7H2,1-3H3,(H,14,15). The van der Waals surface area contributed by atoms with Crippen LogP contribution in [0.5, 0.6) is 0 Å². The molecule has 0 aliphatic carbocycles. The van der Waals surface area contributed by atoms with Crippen molar-refractivity contribution in [3.05, 3.63) is 35.1 Å². The molecule has 0 fully saturated rings. The van der Waals surface area contributed by atoms with Gasteiger partial charge in [-0.05, 0) is 44.5 Å². The van der Waals surface area contributed by atoms with Crippen LogP contribution in [-0.4, -0.2) is 23.2 Å². The van der Waals surface area contributed by atoms with E-state index in [0.29, 0.717) is 5.56 Å². The minimum atomic E-state index is -0.974. The van der Waals surface area contributed by atoms with Gasteiger partial charge in [0.2, 0.25) is 0 Å². The zero-order chi connectivity index (χ0) is 12.3. The number of nitrogens with one attached hydrogen (secondary N) is 1. The normalized spacial score (nSPS) is 11.3. The van der Waals surface area contributed by atoms with Crippen LogP contribution in [0.2, 0.25) is 0 Å². The molecule has 0 unspecified atom stereocenters.